The summed E-state index contributed by atoms with van der Waals surface area (Å²) in [5.74, 6) is -10.6. The molecule has 0 aliphatic carbocycles. The number of carboxylic acids is 2. The molecule has 1 unspecified atom stereocenters. The number of imidazole rings is 1. The van der Waals surface area contributed by atoms with Crippen molar-refractivity contribution >= 4 is 94.9 Å². The molecule has 1 fully saturated rings. The fraction of sp³-hybridized carbons (Fsp3) is 0.519. The Kier molecular flexibility index (Phi) is 28.2. The van der Waals surface area contributed by atoms with E-state index in [2.05, 4.69) is 46.6 Å². The van der Waals surface area contributed by atoms with E-state index < -0.39 is 158 Å². The Balaban J connectivity index is 1.32. The van der Waals surface area contributed by atoms with E-state index in [1.807, 2.05) is 0 Å². The van der Waals surface area contributed by atoms with Gasteiger partial charge < -0.3 is 66.7 Å². The quantitative estimate of drug-likeness (QED) is 0.0121. The summed E-state index contributed by atoms with van der Waals surface area (Å²) in [6.45, 7) is 3.54. The summed E-state index contributed by atoms with van der Waals surface area (Å²) in [4.78, 5) is 132. The third-order valence-electron chi connectivity index (χ3n) is 14.4. The number of sulfonamides is 1. The van der Waals surface area contributed by atoms with Crippen LogP contribution in [-0.2, 0) is 76.9 Å². The molecule has 92 heavy (non-hydrogen) atoms. The maximum absolute atomic E-state index is 14.0. The van der Waals surface area contributed by atoms with Gasteiger partial charge in [-0.1, -0.05) is 23.8 Å². The molecule has 35 nitrogen and oxygen atoms in total. The van der Waals surface area contributed by atoms with Gasteiger partial charge in [0.05, 0.1) is 37.0 Å². The van der Waals surface area contributed by atoms with Crippen LogP contribution in [0.25, 0.3) is 10.9 Å². The Labute approximate surface area is 529 Å². The number of pyridine rings is 1. The van der Waals surface area contributed by atoms with Gasteiger partial charge in [-0.2, -0.15) is 21.6 Å². The number of fused-ring (bicyclic) bond motifs is 1. The van der Waals surface area contributed by atoms with E-state index in [-0.39, 0.29) is 101 Å². The van der Waals surface area contributed by atoms with Gasteiger partial charge in [0.25, 0.3) is 26.1 Å². The molecule has 2 aromatic heterocycles. The number of aliphatic hydroxyl groups is 2. The molecule has 5 amide bonds. The Bertz CT molecular complexity index is 3670. The van der Waals surface area contributed by atoms with Gasteiger partial charge in [-0.3, -0.25) is 67.1 Å². The highest BCUT2D eigenvalue weighted by Crippen LogP contribution is 2.22. The van der Waals surface area contributed by atoms with Crippen LogP contribution in [-0.4, -0.2) is 264 Å². The summed E-state index contributed by atoms with van der Waals surface area (Å²) in [5, 5.41) is 53.9. The van der Waals surface area contributed by atoms with Gasteiger partial charge in [-0.25, -0.2) is 13.4 Å². The maximum atomic E-state index is 14.0. The average Bonchev–Trinajstić information content (AvgIpc) is 1.09. The molecule has 0 spiro atoms. The Morgan fingerprint density at radius 2 is 1.30 bits per heavy atom. The number of anilines is 1. The Morgan fingerprint density at radius 3 is 1.85 bits per heavy atom. The number of aliphatic hydroxyl groups excluding tert-OH is 2. The van der Waals surface area contributed by atoms with Crippen molar-refractivity contribution in [3.63, 3.8) is 0 Å². The highest BCUT2D eigenvalue weighted by Gasteiger charge is 2.32. The van der Waals surface area contributed by atoms with Crippen LogP contribution in [0.15, 0.2) is 58.6 Å². The standard InChI is InChI=1S/C54H78N14O21S3/c1-34-21-35(2)49(36(3)22-34)92(88,89)63-42(53(80)81)25-58-50(77)40-26-68(44-23-37(5-6-39(44)48(40)76)24-59-54-56-10-11-57-54)12-4-9-55-51(78)43(31-91(85,86)87)62-45(72)8-7-41(52(79)60-38(29-69)30-90(82,83)84)61-46(73)27-64-13-14-65(28-47(74)75)16-18-67(33-71)20-19-66(32-70)17-15-64/h5-6,10-11,21-23,26,29,38,41-43,63,70-71H,4,7-9,12-20,24-25,27-28,30-33H2,1-3H3,(H,55,78)(H,58,77)(H,60,79)(H,61,73)(H,62,72)(H,74,75)(H,80,81)(H2,56,57,59)(H,82,83,84)(H,85,86,87)/t38-,41+,42?,43+/m1/s1. The summed E-state index contributed by atoms with van der Waals surface area (Å²) in [5.41, 5.74) is 1.03. The number of rotatable bonds is 33. The van der Waals surface area contributed by atoms with Crippen molar-refractivity contribution < 1.29 is 93.1 Å². The molecule has 508 valence electrons. The van der Waals surface area contributed by atoms with Crippen LogP contribution in [0.5, 0.6) is 0 Å². The van der Waals surface area contributed by atoms with Gasteiger partial charge in [0.2, 0.25) is 39.1 Å². The lowest BCUT2D eigenvalue weighted by Crippen LogP contribution is -2.54. The molecular weight excluding hydrogens is 1280 g/mol. The summed E-state index contributed by atoms with van der Waals surface area (Å²) in [7, 11) is -14.4. The van der Waals surface area contributed by atoms with Crippen molar-refractivity contribution in [3.05, 3.63) is 87.0 Å². The van der Waals surface area contributed by atoms with Crippen molar-refractivity contribution in [3.8, 4) is 0 Å². The molecular formula is C54H78N14O21S3. The van der Waals surface area contributed by atoms with Crippen LogP contribution in [0, 0.1) is 20.8 Å². The van der Waals surface area contributed by atoms with Crippen molar-refractivity contribution in [2.75, 3.05) is 109 Å². The zero-order valence-corrected chi connectivity index (χ0v) is 53.0. The first kappa shape index (κ1) is 74.8. The van der Waals surface area contributed by atoms with Crippen LogP contribution in [0.4, 0.5) is 5.95 Å². The summed E-state index contributed by atoms with van der Waals surface area (Å²) < 4.78 is 97.6. The molecule has 0 bridgehead atoms. The van der Waals surface area contributed by atoms with Crippen LogP contribution in [0.1, 0.15) is 51.9 Å². The molecule has 0 saturated carbocycles. The van der Waals surface area contributed by atoms with Crippen molar-refractivity contribution in [1.29, 1.82) is 0 Å². The minimum absolute atomic E-state index is 0.00372. The second-order valence-electron chi connectivity index (χ2n) is 21.8. The normalized spacial score (nSPS) is 15.8. The molecule has 3 heterocycles. The monoisotopic (exact) mass is 1350 g/mol. The molecule has 0 radical (unpaired) electrons. The number of aromatic amines is 1. The predicted octanol–water partition coefficient (Wildman–Crippen LogP) is -4.66. The van der Waals surface area contributed by atoms with Crippen molar-refractivity contribution in [2.24, 2.45) is 0 Å². The highest BCUT2D eigenvalue weighted by atomic mass is 32.2. The van der Waals surface area contributed by atoms with Crippen LogP contribution < -0.4 is 42.1 Å². The smallest absolute Gasteiger partial charge is 0.323 e. The van der Waals surface area contributed by atoms with Crippen LogP contribution >= 0.6 is 0 Å². The number of aryl methyl sites for hydroxylation is 4. The van der Waals surface area contributed by atoms with Gasteiger partial charge in [0.1, 0.15) is 47.5 Å². The topological polar surface area (TPSA) is 508 Å². The number of aldehydes is 1. The number of benzene rings is 2. The molecule has 1 aliphatic heterocycles. The average molecular weight is 1360 g/mol. The number of aliphatic carboxylic acids is 2. The van der Waals surface area contributed by atoms with E-state index in [0.717, 1.165) is 11.8 Å². The molecule has 1 saturated heterocycles. The summed E-state index contributed by atoms with van der Waals surface area (Å²) >= 11 is 0. The van der Waals surface area contributed by atoms with E-state index in [9.17, 15) is 97.9 Å². The molecule has 4 aromatic rings. The fourth-order valence-corrected chi connectivity index (χ4v) is 12.9. The summed E-state index contributed by atoms with van der Waals surface area (Å²) in [6, 6.07) is 0.274. The zero-order chi connectivity index (χ0) is 68.1. The maximum Gasteiger partial charge on any atom is 0.323 e. The minimum Gasteiger partial charge on any atom is -0.480 e. The Morgan fingerprint density at radius 1 is 0.717 bits per heavy atom. The van der Waals surface area contributed by atoms with Gasteiger partial charge >= 0.3 is 11.9 Å². The van der Waals surface area contributed by atoms with Gasteiger partial charge in [-0.05, 0) is 62.4 Å². The molecule has 4 atom stereocenters. The lowest BCUT2D eigenvalue weighted by Gasteiger charge is -2.32. The van der Waals surface area contributed by atoms with Gasteiger partial charge in [0.15, 0.2) is 5.95 Å². The largest absolute Gasteiger partial charge is 0.480 e. The Hall–Kier alpha value is -7.89. The van der Waals surface area contributed by atoms with Crippen molar-refractivity contribution in [1.82, 2.24) is 65.4 Å². The third-order valence-corrected chi connectivity index (χ3v) is 17.7. The van der Waals surface area contributed by atoms with E-state index >= 15 is 0 Å². The van der Waals surface area contributed by atoms with Crippen LogP contribution in [0.3, 0.4) is 0 Å². The van der Waals surface area contributed by atoms with E-state index in [1.54, 1.807) is 57.0 Å². The zero-order valence-electron chi connectivity index (χ0n) is 50.6. The first-order chi connectivity index (χ1) is 43.3. The lowest BCUT2D eigenvalue weighted by atomic mass is 10.1. The molecule has 5 rings (SSSR count). The third kappa shape index (κ3) is 24.3. The lowest BCUT2D eigenvalue weighted by molar-refractivity contribution is -0.139. The van der Waals surface area contributed by atoms with E-state index in [4.69, 9.17) is 0 Å². The molecule has 1 aliphatic rings. The molecule has 2 aromatic carbocycles. The summed E-state index contributed by atoms with van der Waals surface area (Å²) in [6.07, 6.45) is 2.71. The number of H-pyrrole nitrogens is 1. The molecule has 38 heteroatoms. The second-order valence-corrected chi connectivity index (χ2v) is 26.4. The number of nitrogens with one attached hydrogen (secondary N) is 8. The number of hydrogen-bond donors (Lipinski definition) is 14. The van der Waals surface area contributed by atoms with Gasteiger partial charge in [-0.15, -0.1) is 0 Å². The first-order valence-electron chi connectivity index (χ1n) is 28.6. The minimum atomic E-state index is -5.05. The number of aromatic nitrogens is 3. The SMILES string of the molecule is Cc1cc(C)c(S(=O)(=O)NC(CNC(=O)c2cn(CCCNC(=O)[C@H](CS(=O)(=O)O)NC(=O)CC[C@H](NC(=O)CN3CCN(CO)CCN(CO)CCN(CC(=O)O)CC3)C(=O)N[C@H](C=O)CS(=O)(=O)O)c3cc(CNc4ncc[nH]4)ccc3c2=O)C(=O)O)c(C)c1. The van der Waals surface area contributed by atoms with Crippen LogP contribution in [0.2, 0.25) is 0 Å². The van der Waals surface area contributed by atoms with E-state index in [0.29, 0.717) is 29.2 Å². The first-order valence-corrected chi connectivity index (χ1v) is 33.3. The number of carboxylic acid groups (broad SMARTS) is 2. The van der Waals surface area contributed by atoms with E-state index in [1.165, 1.54) is 30.7 Å². The number of amides is 5. The number of hydrogen-bond acceptors (Lipinski definition) is 23. The fourth-order valence-electron chi connectivity index (χ4n) is 9.97. The molecule has 14 N–H and O–H groups in total. The number of carbonyl (C=O) groups is 8. The van der Waals surface area contributed by atoms with Gasteiger partial charge in [0, 0.05) is 109 Å². The van der Waals surface area contributed by atoms with Crippen molar-refractivity contribution in [2.45, 2.75) is 82.2 Å². The highest BCUT2D eigenvalue weighted by molar-refractivity contribution is 7.89. The number of carbonyl (C=O) groups excluding carboxylic acids is 6. The number of nitrogens with zero attached hydrogens (tertiary/aromatic N) is 6. The second kappa shape index (κ2) is 34.7. The predicted molar refractivity (Wildman–Crippen MR) is 328 cm³/mol.